The molecule has 1 heterocycles. The van der Waals surface area contributed by atoms with E-state index in [9.17, 15) is 9.59 Å². The third kappa shape index (κ3) is 6.73. The second-order valence-corrected chi connectivity index (χ2v) is 4.97. The lowest BCUT2D eigenvalue weighted by Gasteiger charge is -2.07. The van der Waals surface area contributed by atoms with Crippen LogP contribution in [0.1, 0.15) is 16.6 Å². The summed E-state index contributed by atoms with van der Waals surface area (Å²) in [6.45, 7) is 6.88. The average molecular weight is 282 g/mol. The summed E-state index contributed by atoms with van der Waals surface area (Å²) in [7, 11) is 0. The van der Waals surface area contributed by atoms with E-state index >= 15 is 0 Å². The van der Waals surface area contributed by atoms with Gasteiger partial charge in [-0.25, -0.2) is 0 Å². The molecule has 0 spiro atoms. The van der Waals surface area contributed by atoms with Crippen LogP contribution in [0.3, 0.4) is 0 Å². The van der Waals surface area contributed by atoms with Gasteiger partial charge in [0, 0.05) is 6.54 Å². The predicted molar refractivity (Wildman–Crippen MR) is 75.3 cm³/mol. The van der Waals surface area contributed by atoms with Crippen LogP contribution < -0.4 is 10.6 Å². The zero-order chi connectivity index (χ0) is 14.1. The molecule has 0 aliphatic carbocycles. The fraction of sp³-hybridized carbons (Fsp3) is 0.385. The van der Waals surface area contributed by atoms with Crippen molar-refractivity contribution in [3.05, 3.63) is 34.5 Å². The van der Waals surface area contributed by atoms with Crippen LogP contribution in [0.2, 0.25) is 0 Å². The van der Waals surface area contributed by atoms with Gasteiger partial charge in [-0.05, 0) is 18.4 Å². The maximum absolute atomic E-state index is 11.5. The molecule has 0 bridgehead atoms. The molecular weight excluding hydrogens is 264 g/mol. The van der Waals surface area contributed by atoms with E-state index in [1.54, 1.807) is 12.1 Å². The second kappa shape index (κ2) is 8.44. The number of carbonyl (C=O) groups is 2. The molecule has 6 heteroatoms. The van der Waals surface area contributed by atoms with Crippen molar-refractivity contribution < 1.29 is 14.3 Å². The van der Waals surface area contributed by atoms with Gasteiger partial charge in [0.05, 0.1) is 24.6 Å². The van der Waals surface area contributed by atoms with Crippen molar-refractivity contribution in [2.24, 2.45) is 0 Å². The first-order chi connectivity index (χ1) is 9.09. The largest absolute Gasteiger partial charge is 0.375 e. The zero-order valence-corrected chi connectivity index (χ0v) is 11.7. The molecule has 0 aliphatic rings. The molecular formula is C13H18N2O3S. The van der Waals surface area contributed by atoms with E-state index in [0.29, 0.717) is 24.6 Å². The first kappa shape index (κ1) is 15.4. The van der Waals surface area contributed by atoms with Gasteiger partial charge in [-0.3, -0.25) is 9.59 Å². The Labute approximate surface area is 116 Å². The Morgan fingerprint density at radius 1 is 1.42 bits per heavy atom. The molecule has 19 heavy (non-hydrogen) atoms. The van der Waals surface area contributed by atoms with Crippen LogP contribution in [-0.2, 0) is 9.53 Å². The molecule has 0 radical (unpaired) electrons. The standard InChI is InChI=1S/C13H18N2O3S/c1-10(2)9-18-6-5-14-12(16)8-15-13(17)11-4-3-7-19-11/h3-4,7H,1,5-6,8-9H2,2H3,(H,14,16)(H,15,17). The molecule has 0 aromatic carbocycles. The molecule has 0 aliphatic heterocycles. The Morgan fingerprint density at radius 2 is 2.21 bits per heavy atom. The fourth-order valence-electron chi connectivity index (χ4n) is 1.23. The smallest absolute Gasteiger partial charge is 0.261 e. The third-order valence-corrected chi connectivity index (χ3v) is 2.94. The number of nitrogens with one attached hydrogen (secondary N) is 2. The first-order valence-corrected chi connectivity index (χ1v) is 6.78. The van der Waals surface area contributed by atoms with Crippen molar-refractivity contribution in [2.75, 3.05) is 26.3 Å². The monoisotopic (exact) mass is 282 g/mol. The number of hydrogen-bond acceptors (Lipinski definition) is 4. The lowest BCUT2D eigenvalue weighted by Crippen LogP contribution is -2.38. The normalized spacial score (nSPS) is 9.95. The Morgan fingerprint density at radius 3 is 2.84 bits per heavy atom. The molecule has 0 unspecified atom stereocenters. The fourth-order valence-corrected chi connectivity index (χ4v) is 1.87. The maximum atomic E-state index is 11.5. The van der Waals surface area contributed by atoms with Gasteiger partial charge in [0.25, 0.3) is 5.91 Å². The van der Waals surface area contributed by atoms with Crippen molar-refractivity contribution in [2.45, 2.75) is 6.92 Å². The van der Waals surface area contributed by atoms with E-state index in [0.717, 1.165) is 5.57 Å². The summed E-state index contributed by atoms with van der Waals surface area (Å²) < 4.78 is 5.23. The number of rotatable bonds is 8. The zero-order valence-electron chi connectivity index (χ0n) is 10.9. The highest BCUT2D eigenvalue weighted by molar-refractivity contribution is 7.12. The van der Waals surface area contributed by atoms with Crippen molar-refractivity contribution in [3.8, 4) is 0 Å². The molecule has 1 rings (SSSR count). The summed E-state index contributed by atoms with van der Waals surface area (Å²) in [6, 6.07) is 3.50. The number of hydrogen-bond donors (Lipinski definition) is 2. The molecule has 0 atom stereocenters. The first-order valence-electron chi connectivity index (χ1n) is 5.90. The van der Waals surface area contributed by atoms with Crippen molar-refractivity contribution in [1.82, 2.24) is 10.6 Å². The Balaban J connectivity index is 2.08. The van der Waals surface area contributed by atoms with Gasteiger partial charge in [0.2, 0.25) is 5.91 Å². The van der Waals surface area contributed by atoms with E-state index < -0.39 is 0 Å². The van der Waals surface area contributed by atoms with Crippen LogP contribution in [0, 0.1) is 0 Å². The summed E-state index contributed by atoms with van der Waals surface area (Å²) in [5.41, 5.74) is 0.939. The minimum atomic E-state index is -0.233. The molecule has 0 fully saturated rings. The van der Waals surface area contributed by atoms with Crippen LogP contribution in [0.25, 0.3) is 0 Å². The number of thiophene rings is 1. The summed E-state index contributed by atoms with van der Waals surface area (Å²) in [6.07, 6.45) is 0. The van der Waals surface area contributed by atoms with Crippen LogP contribution in [0.4, 0.5) is 0 Å². The van der Waals surface area contributed by atoms with Gasteiger partial charge in [0.1, 0.15) is 0 Å². The van der Waals surface area contributed by atoms with Gasteiger partial charge in [-0.1, -0.05) is 18.2 Å². The highest BCUT2D eigenvalue weighted by Crippen LogP contribution is 2.07. The maximum Gasteiger partial charge on any atom is 0.261 e. The van der Waals surface area contributed by atoms with Crippen LogP contribution in [0.15, 0.2) is 29.7 Å². The van der Waals surface area contributed by atoms with E-state index in [1.807, 2.05) is 12.3 Å². The van der Waals surface area contributed by atoms with E-state index in [4.69, 9.17) is 4.74 Å². The topological polar surface area (TPSA) is 67.4 Å². The van der Waals surface area contributed by atoms with Gasteiger partial charge in [0.15, 0.2) is 0 Å². The summed E-state index contributed by atoms with van der Waals surface area (Å²) in [5, 5.41) is 7.01. The van der Waals surface area contributed by atoms with Gasteiger partial charge in [-0.2, -0.15) is 0 Å². The lowest BCUT2D eigenvalue weighted by atomic mass is 10.4. The Hall–Kier alpha value is -1.66. The van der Waals surface area contributed by atoms with E-state index in [-0.39, 0.29) is 18.4 Å². The molecule has 1 aromatic heterocycles. The summed E-state index contributed by atoms with van der Waals surface area (Å²) in [5.74, 6) is -0.465. The number of carbonyl (C=O) groups excluding carboxylic acids is 2. The summed E-state index contributed by atoms with van der Waals surface area (Å²) >= 11 is 1.34. The predicted octanol–water partition coefficient (Wildman–Crippen LogP) is 1.19. The molecule has 2 N–H and O–H groups in total. The van der Waals surface area contributed by atoms with Crippen LogP contribution in [0.5, 0.6) is 0 Å². The molecule has 5 nitrogen and oxygen atoms in total. The SMILES string of the molecule is C=C(C)COCCNC(=O)CNC(=O)c1cccs1. The van der Waals surface area contributed by atoms with Gasteiger partial charge >= 0.3 is 0 Å². The lowest BCUT2D eigenvalue weighted by molar-refractivity contribution is -0.120. The highest BCUT2D eigenvalue weighted by atomic mass is 32.1. The van der Waals surface area contributed by atoms with Gasteiger partial charge in [-0.15, -0.1) is 11.3 Å². The van der Waals surface area contributed by atoms with Crippen molar-refractivity contribution in [3.63, 3.8) is 0 Å². The number of amides is 2. The van der Waals surface area contributed by atoms with Gasteiger partial charge < -0.3 is 15.4 Å². The van der Waals surface area contributed by atoms with Crippen molar-refractivity contribution in [1.29, 1.82) is 0 Å². The van der Waals surface area contributed by atoms with E-state index in [2.05, 4.69) is 17.2 Å². The molecule has 0 saturated carbocycles. The highest BCUT2D eigenvalue weighted by Gasteiger charge is 2.07. The minimum absolute atomic E-state index is 0.0305. The third-order valence-electron chi connectivity index (χ3n) is 2.07. The molecule has 0 saturated heterocycles. The van der Waals surface area contributed by atoms with Crippen molar-refractivity contribution >= 4 is 23.2 Å². The quantitative estimate of drug-likeness (QED) is 0.556. The molecule has 104 valence electrons. The summed E-state index contributed by atoms with van der Waals surface area (Å²) in [4.78, 5) is 23.6. The second-order valence-electron chi connectivity index (χ2n) is 4.02. The van der Waals surface area contributed by atoms with E-state index in [1.165, 1.54) is 11.3 Å². The Kier molecular flexibility index (Phi) is 6.84. The average Bonchev–Trinajstić information content (AvgIpc) is 2.89. The van der Waals surface area contributed by atoms with Crippen LogP contribution in [-0.4, -0.2) is 38.1 Å². The minimum Gasteiger partial charge on any atom is -0.375 e. The number of ether oxygens (including phenoxy) is 1. The Bertz CT molecular complexity index is 429. The molecule has 2 amide bonds. The molecule has 1 aromatic rings. The van der Waals surface area contributed by atoms with Crippen LogP contribution >= 0.6 is 11.3 Å².